The number of phenolic OH excluding ortho intramolecular Hbond substituents is 1. The van der Waals surface area contributed by atoms with Gasteiger partial charge in [0.2, 0.25) is 0 Å². The number of methoxy groups -OCH3 is 1. The van der Waals surface area contributed by atoms with Gasteiger partial charge >= 0.3 is 6.18 Å². The summed E-state index contributed by atoms with van der Waals surface area (Å²) in [4.78, 5) is 9.64. The smallest absolute Gasteiger partial charge is 0.407 e. The van der Waals surface area contributed by atoms with Crippen LogP contribution in [0, 0.1) is 10.1 Å². The number of nitro groups is 1. The van der Waals surface area contributed by atoms with Gasteiger partial charge in [-0.15, -0.1) is 0 Å². The Hall–Kier alpha value is -2.03. The third kappa shape index (κ3) is 2.62. The lowest BCUT2D eigenvalue weighted by Gasteiger charge is -2.18. The van der Waals surface area contributed by atoms with Crippen molar-refractivity contribution < 1.29 is 27.9 Å². The number of aromatic hydroxyl groups is 1. The molecule has 0 saturated heterocycles. The van der Waals surface area contributed by atoms with Crippen LogP contribution < -0.4 is 10.5 Å². The van der Waals surface area contributed by atoms with E-state index < -0.39 is 39.9 Å². The fourth-order valence-electron chi connectivity index (χ4n) is 1.29. The molecule has 0 bridgehead atoms. The average Bonchev–Trinajstić information content (AvgIpc) is 2.26. The van der Waals surface area contributed by atoms with Gasteiger partial charge in [0.15, 0.2) is 11.5 Å². The van der Waals surface area contributed by atoms with Crippen LogP contribution >= 0.6 is 0 Å². The number of hydrogen-bond acceptors (Lipinski definition) is 5. The van der Waals surface area contributed by atoms with E-state index in [1.807, 2.05) is 0 Å². The van der Waals surface area contributed by atoms with Crippen LogP contribution in [-0.2, 0) is 0 Å². The van der Waals surface area contributed by atoms with Crippen molar-refractivity contribution in [3.05, 3.63) is 27.8 Å². The van der Waals surface area contributed by atoms with Gasteiger partial charge in [0, 0.05) is 11.6 Å². The molecule has 0 fully saturated rings. The van der Waals surface area contributed by atoms with Gasteiger partial charge in [0.1, 0.15) is 6.04 Å². The topological polar surface area (TPSA) is 98.6 Å². The van der Waals surface area contributed by atoms with Crippen molar-refractivity contribution in [2.75, 3.05) is 7.11 Å². The van der Waals surface area contributed by atoms with Crippen molar-refractivity contribution in [2.45, 2.75) is 12.2 Å². The standard InChI is InChI=1S/C9H9F3N2O4/c1-18-6-3-4(14(16)17)2-5(7(6)15)8(13)9(10,11)12/h2-3,8,15H,13H2,1H3/t8-/m1/s1. The van der Waals surface area contributed by atoms with E-state index in [4.69, 9.17) is 5.73 Å². The summed E-state index contributed by atoms with van der Waals surface area (Å²) in [5, 5.41) is 20.1. The van der Waals surface area contributed by atoms with E-state index in [9.17, 15) is 28.4 Å². The third-order valence-corrected chi connectivity index (χ3v) is 2.21. The zero-order chi connectivity index (χ0) is 14.1. The zero-order valence-electron chi connectivity index (χ0n) is 9.06. The van der Waals surface area contributed by atoms with Crippen LogP contribution in [0.2, 0.25) is 0 Å². The number of nitrogens with zero attached hydrogens (tertiary/aromatic N) is 1. The Morgan fingerprint density at radius 3 is 2.44 bits per heavy atom. The summed E-state index contributed by atoms with van der Waals surface area (Å²) in [6.07, 6.45) is -4.84. The third-order valence-electron chi connectivity index (χ3n) is 2.21. The molecular formula is C9H9F3N2O4. The van der Waals surface area contributed by atoms with Crippen LogP contribution in [0.25, 0.3) is 0 Å². The van der Waals surface area contributed by atoms with E-state index in [1.165, 1.54) is 0 Å². The van der Waals surface area contributed by atoms with Crippen molar-refractivity contribution in [1.29, 1.82) is 0 Å². The molecule has 0 aliphatic carbocycles. The monoisotopic (exact) mass is 266 g/mol. The average molecular weight is 266 g/mol. The number of phenols is 1. The highest BCUT2D eigenvalue weighted by Gasteiger charge is 2.40. The van der Waals surface area contributed by atoms with Gasteiger partial charge in [0.25, 0.3) is 5.69 Å². The molecule has 1 atom stereocenters. The molecule has 3 N–H and O–H groups in total. The van der Waals surface area contributed by atoms with Gasteiger partial charge < -0.3 is 15.6 Å². The summed E-state index contributed by atoms with van der Waals surface area (Å²) in [6.45, 7) is 0. The first-order chi connectivity index (χ1) is 8.18. The Labute approximate surface area is 98.9 Å². The lowest BCUT2D eigenvalue weighted by atomic mass is 10.0. The van der Waals surface area contributed by atoms with Crippen LogP contribution in [0.3, 0.4) is 0 Å². The number of ether oxygens (including phenoxy) is 1. The second kappa shape index (κ2) is 4.69. The molecule has 100 valence electrons. The van der Waals surface area contributed by atoms with Crippen molar-refractivity contribution in [2.24, 2.45) is 5.73 Å². The number of rotatable bonds is 3. The second-order valence-corrected chi connectivity index (χ2v) is 3.36. The Kier molecular flexibility index (Phi) is 3.65. The van der Waals surface area contributed by atoms with Crippen molar-refractivity contribution in [1.82, 2.24) is 0 Å². The SMILES string of the molecule is COc1cc([N+](=O)[O-])cc([C@@H](N)C(F)(F)F)c1O. The first-order valence-electron chi connectivity index (χ1n) is 4.56. The van der Waals surface area contributed by atoms with Gasteiger partial charge in [0.05, 0.1) is 18.1 Å². The highest BCUT2D eigenvalue weighted by atomic mass is 19.4. The second-order valence-electron chi connectivity index (χ2n) is 3.36. The molecule has 1 aromatic carbocycles. The van der Waals surface area contributed by atoms with E-state index in [0.29, 0.717) is 6.07 Å². The molecule has 0 aromatic heterocycles. The minimum atomic E-state index is -4.84. The summed E-state index contributed by atoms with van der Waals surface area (Å²) in [5.74, 6) is -1.31. The summed E-state index contributed by atoms with van der Waals surface area (Å²) in [5.41, 5.74) is 3.44. The first-order valence-corrected chi connectivity index (χ1v) is 4.56. The Morgan fingerprint density at radius 1 is 1.50 bits per heavy atom. The maximum Gasteiger partial charge on any atom is 0.407 e. The maximum atomic E-state index is 12.4. The van der Waals surface area contributed by atoms with Crippen molar-refractivity contribution in [3.63, 3.8) is 0 Å². The highest BCUT2D eigenvalue weighted by molar-refractivity contribution is 5.54. The number of nitro benzene ring substituents is 1. The highest BCUT2D eigenvalue weighted by Crippen LogP contribution is 2.41. The van der Waals surface area contributed by atoms with E-state index >= 15 is 0 Å². The minimum absolute atomic E-state index is 0.445. The van der Waals surface area contributed by atoms with Crippen LogP contribution in [0.4, 0.5) is 18.9 Å². The molecule has 0 aliphatic heterocycles. The van der Waals surface area contributed by atoms with Gasteiger partial charge in [-0.05, 0) is 0 Å². The summed E-state index contributed by atoms with van der Waals surface area (Å²) < 4.78 is 41.9. The lowest BCUT2D eigenvalue weighted by Crippen LogP contribution is -2.28. The minimum Gasteiger partial charge on any atom is -0.504 e. The Balaban J connectivity index is 3.42. The maximum absolute atomic E-state index is 12.4. The van der Waals surface area contributed by atoms with E-state index in [-0.39, 0.29) is 0 Å². The molecule has 1 aromatic rings. The zero-order valence-corrected chi connectivity index (χ0v) is 9.06. The molecule has 0 saturated carbocycles. The van der Waals surface area contributed by atoms with Gasteiger partial charge in [-0.1, -0.05) is 0 Å². The number of alkyl halides is 3. The van der Waals surface area contributed by atoms with Gasteiger partial charge in [-0.2, -0.15) is 13.2 Å². The summed E-state index contributed by atoms with van der Waals surface area (Å²) in [6, 6.07) is -1.16. The van der Waals surface area contributed by atoms with Crippen LogP contribution in [0.5, 0.6) is 11.5 Å². The summed E-state index contributed by atoms with van der Waals surface area (Å²) in [7, 11) is 1.06. The van der Waals surface area contributed by atoms with Gasteiger partial charge in [-0.3, -0.25) is 10.1 Å². The van der Waals surface area contributed by atoms with Crippen molar-refractivity contribution in [3.8, 4) is 11.5 Å². The number of non-ortho nitro benzene ring substituents is 1. The molecule has 18 heavy (non-hydrogen) atoms. The van der Waals surface area contributed by atoms with E-state index in [0.717, 1.165) is 13.2 Å². The quantitative estimate of drug-likeness (QED) is 0.642. The first kappa shape index (κ1) is 14.0. The fraction of sp³-hybridized carbons (Fsp3) is 0.333. The molecule has 0 heterocycles. The Morgan fingerprint density at radius 2 is 2.06 bits per heavy atom. The van der Waals surface area contributed by atoms with Gasteiger partial charge in [-0.25, -0.2) is 0 Å². The predicted octanol–water partition coefficient (Wildman–Crippen LogP) is 1.87. The molecule has 0 radical (unpaired) electrons. The molecule has 6 nitrogen and oxygen atoms in total. The lowest BCUT2D eigenvalue weighted by molar-refractivity contribution is -0.385. The molecule has 1 rings (SSSR count). The van der Waals surface area contributed by atoms with Crippen LogP contribution in [-0.4, -0.2) is 23.3 Å². The Bertz CT molecular complexity index is 476. The van der Waals surface area contributed by atoms with Crippen molar-refractivity contribution >= 4 is 5.69 Å². The fourth-order valence-corrected chi connectivity index (χ4v) is 1.29. The molecule has 9 heteroatoms. The number of halogens is 3. The molecule has 0 amide bonds. The van der Waals surface area contributed by atoms with Crippen LogP contribution in [0.1, 0.15) is 11.6 Å². The number of nitrogens with two attached hydrogens (primary N) is 1. The normalized spacial score (nSPS) is 13.2. The molecule has 0 aliphatic rings. The largest absolute Gasteiger partial charge is 0.504 e. The molecular weight excluding hydrogens is 257 g/mol. The number of hydrogen-bond donors (Lipinski definition) is 2. The van der Waals surface area contributed by atoms with E-state index in [1.54, 1.807) is 0 Å². The van der Waals surface area contributed by atoms with Crippen LogP contribution in [0.15, 0.2) is 12.1 Å². The molecule has 0 unspecified atom stereocenters. The number of benzene rings is 1. The van der Waals surface area contributed by atoms with E-state index in [2.05, 4.69) is 4.74 Å². The predicted molar refractivity (Wildman–Crippen MR) is 54.3 cm³/mol. The molecule has 0 spiro atoms. The summed E-state index contributed by atoms with van der Waals surface area (Å²) >= 11 is 0.